The lowest BCUT2D eigenvalue weighted by atomic mass is 10.0. The van der Waals surface area contributed by atoms with Gasteiger partial charge in [0.15, 0.2) is 0 Å². The molecule has 3 rings (SSSR count). The molecule has 1 aromatic heterocycles. The number of aromatic nitrogens is 2. The van der Waals surface area contributed by atoms with E-state index in [9.17, 15) is 14.0 Å². The summed E-state index contributed by atoms with van der Waals surface area (Å²) in [6, 6.07) is 7.99. The summed E-state index contributed by atoms with van der Waals surface area (Å²) in [4.78, 5) is 29.2. The summed E-state index contributed by atoms with van der Waals surface area (Å²) < 4.78 is 14.8. The third kappa shape index (κ3) is 4.77. The van der Waals surface area contributed by atoms with Gasteiger partial charge in [-0.15, -0.1) is 0 Å². The summed E-state index contributed by atoms with van der Waals surface area (Å²) in [6.45, 7) is 7.48. The zero-order chi connectivity index (χ0) is 20.3. The molecule has 1 saturated heterocycles. The fourth-order valence-corrected chi connectivity index (χ4v) is 3.55. The average molecular weight is 386 g/mol. The molecule has 28 heavy (non-hydrogen) atoms. The van der Waals surface area contributed by atoms with E-state index in [-0.39, 0.29) is 42.6 Å². The molecule has 2 heterocycles. The molecular formula is C21H27FN4O2. The second-order valence-electron chi connectivity index (χ2n) is 7.70. The van der Waals surface area contributed by atoms with E-state index in [1.165, 1.54) is 12.1 Å². The predicted octanol–water partition coefficient (Wildman–Crippen LogP) is 2.62. The van der Waals surface area contributed by atoms with Crippen LogP contribution in [0.5, 0.6) is 0 Å². The molecular weight excluding hydrogens is 359 g/mol. The highest BCUT2D eigenvalue weighted by Gasteiger charge is 2.33. The zero-order valence-corrected chi connectivity index (χ0v) is 16.6. The lowest BCUT2D eigenvalue weighted by molar-refractivity contribution is -0.134. The minimum absolute atomic E-state index is 0.0215. The number of hydrogen-bond acceptors (Lipinski definition) is 3. The Balaban J connectivity index is 1.75. The maximum atomic E-state index is 13.2. The number of halogens is 1. The molecule has 1 aromatic carbocycles. The van der Waals surface area contributed by atoms with Crippen LogP contribution in [0, 0.1) is 18.7 Å². The lowest BCUT2D eigenvalue weighted by Crippen LogP contribution is -2.47. The number of amides is 2. The fraction of sp³-hybridized carbons (Fsp3) is 0.476. The van der Waals surface area contributed by atoms with E-state index >= 15 is 0 Å². The van der Waals surface area contributed by atoms with Gasteiger partial charge in [0.1, 0.15) is 12.4 Å². The van der Waals surface area contributed by atoms with Crippen molar-refractivity contribution in [2.45, 2.75) is 46.3 Å². The van der Waals surface area contributed by atoms with Crippen molar-refractivity contribution in [3.05, 3.63) is 53.6 Å². The van der Waals surface area contributed by atoms with Crippen LogP contribution >= 0.6 is 0 Å². The summed E-state index contributed by atoms with van der Waals surface area (Å²) in [5.41, 5.74) is 1.75. The zero-order valence-electron chi connectivity index (χ0n) is 16.6. The van der Waals surface area contributed by atoms with Gasteiger partial charge in [-0.3, -0.25) is 14.3 Å². The Kier molecular flexibility index (Phi) is 6.11. The molecule has 0 spiro atoms. The quantitative estimate of drug-likeness (QED) is 0.794. The molecule has 2 amide bonds. The Hall–Kier alpha value is -2.70. The first-order valence-corrected chi connectivity index (χ1v) is 9.65. The molecule has 1 aliphatic rings. The molecule has 0 aliphatic carbocycles. The smallest absolute Gasteiger partial charge is 0.244 e. The van der Waals surface area contributed by atoms with Gasteiger partial charge in [-0.1, -0.05) is 26.0 Å². The number of benzene rings is 1. The molecule has 1 unspecified atom stereocenters. The number of carbonyl (C=O) groups is 2. The van der Waals surface area contributed by atoms with Gasteiger partial charge in [0.25, 0.3) is 0 Å². The molecule has 0 bridgehead atoms. The molecule has 150 valence electrons. The van der Waals surface area contributed by atoms with E-state index in [0.717, 1.165) is 11.3 Å². The first-order chi connectivity index (χ1) is 13.3. The molecule has 7 heteroatoms. The Labute approximate surface area is 164 Å². The SMILES string of the molecule is Cc1ccn(CC(=O)N2CCC(=O)N(Cc3ccc(F)cc3)C(C(C)C)C2)n1. The third-order valence-electron chi connectivity index (χ3n) is 5.18. The first kappa shape index (κ1) is 20.0. The van der Waals surface area contributed by atoms with Crippen molar-refractivity contribution < 1.29 is 14.0 Å². The van der Waals surface area contributed by atoms with Crippen LogP contribution in [-0.4, -0.2) is 50.5 Å². The van der Waals surface area contributed by atoms with Crippen LogP contribution in [-0.2, 0) is 22.7 Å². The van der Waals surface area contributed by atoms with E-state index in [2.05, 4.69) is 18.9 Å². The van der Waals surface area contributed by atoms with Gasteiger partial charge < -0.3 is 9.80 Å². The third-order valence-corrected chi connectivity index (χ3v) is 5.18. The first-order valence-electron chi connectivity index (χ1n) is 9.65. The minimum atomic E-state index is -0.294. The Bertz CT molecular complexity index is 831. The van der Waals surface area contributed by atoms with E-state index in [1.807, 2.05) is 17.9 Å². The predicted molar refractivity (Wildman–Crippen MR) is 104 cm³/mol. The second-order valence-corrected chi connectivity index (χ2v) is 7.70. The van der Waals surface area contributed by atoms with Crippen molar-refractivity contribution in [3.63, 3.8) is 0 Å². The Morgan fingerprint density at radius 3 is 2.57 bits per heavy atom. The summed E-state index contributed by atoms with van der Waals surface area (Å²) in [5, 5.41) is 4.28. The van der Waals surface area contributed by atoms with Gasteiger partial charge in [0, 0.05) is 32.3 Å². The molecule has 6 nitrogen and oxygen atoms in total. The van der Waals surface area contributed by atoms with Crippen molar-refractivity contribution in [2.24, 2.45) is 5.92 Å². The lowest BCUT2D eigenvalue weighted by Gasteiger charge is -2.34. The van der Waals surface area contributed by atoms with E-state index in [0.29, 0.717) is 19.6 Å². The molecule has 1 atom stereocenters. The normalized spacial score (nSPS) is 17.9. The van der Waals surface area contributed by atoms with Crippen molar-refractivity contribution in [1.29, 1.82) is 0 Å². The Morgan fingerprint density at radius 1 is 1.25 bits per heavy atom. The van der Waals surface area contributed by atoms with Crippen molar-refractivity contribution >= 4 is 11.8 Å². The summed E-state index contributed by atoms with van der Waals surface area (Å²) in [6.07, 6.45) is 2.07. The highest BCUT2D eigenvalue weighted by molar-refractivity contribution is 5.80. The van der Waals surface area contributed by atoms with Gasteiger partial charge in [-0.05, 0) is 36.6 Å². The molecule has 0 saturated carbocycles. The summed E-state index contributed by atoms with van der Waals surface area (Å²) >= 11 is 0. The van der Waals surface area contributed by atoms with Crippen LogP contribution < -0.4 is 0 Å². The van der Waals surface area contributed by atoms with E-state index in [1.54, 1.807) is 27.9 Å². The van der Waals surface area contributed by atoms with E-state index < -0.39 is 0 Å². The highest BCUT2D eigenvalue weighted by Crippen LogP contribution is 2.21. The minimum Gasteiger partial charge on any atom is -0.338 e. The standard InChI is InChI=1S/C21H27FN4O2/c1-15(2)19-13-24(21(28)14-25-11-8-16(3)23-25)10-9-20(27)26(19)12-17-4-6-18(22)7-5-17/h4-8,11,15,19H,9-10,12-14H2,1-3H3. The molecule has 1 aliphatic heterocycles. The van der Waals surface area contributed by atoms with Gasteiger partial charge in [0.05, 0.1) is 11.7 Å². The molecule has 1 fully saturated rings. The van der Waals surface area contributed by atoms with Crippen LogP contribution in [0.15, 0.2) is 36.5 Å². The molecule has 0 radical (unpaired) electrons. The maximum Gasteiger partial charge on any atom is 0.244 e. The average Bonchev–Trinajstić information content (AvgIpc) is 2.97. The van der Waals surface area contributed by atoms with Crippen molar-refractivity contribution in [3.8, 4) is 0 Å². The number of aryl methyl sites for hydroxylation is 1. The van der Waals surface area contributed by atoms with Gasteiger partial charge >= 0.3 is 0 Å². The summed E-state index contributed by atoms with van der Waals surface area (Å²) in [7, 11) is 0. The van der Waals surface area contributed by atoms with Crippen LogP contribution in [0.2, 0.25) is 0 Å². The van der Waals surface area contributed by atoms with Crippen LogP contribution in [0.1, 0.15) is 31.5 Å². The van der Waals surface area contributed by atoms with Gasteiger partial charge in [-0.25, -0.2) is 4.39 Å². The van der Waals surface area contributed by atoms with E-state index in [4.69, 9.17) is 0 Å². The number of rotatable bonds is 5. The maximum absolute atomic E-state index is 13.2. The fourth-order valence-electron chi connectivity index (χ4n) is 3.55. The second kappa shape index (κ2) is 8.54. The van der Waals surface area contributed by atoms with Crippen LogP contribution in [0.25, 0.3) is 0 Å². The van der Waals surface area contributed by atoms with Crippen molar-refractivity contribution in [2.75, 3.05) is 13.1 Å². The highest BCUT2D eigenvalue weighted by atomic mass is 19.1. The van der Waals surface area contributed by atoms with Crippen LogP contribution in [0.4, 0.5) is 4.39 Å². The monoisotopic (exact) mass is 386 g/mol. The van der Waals surface area contributed by atoms with Crippen LogP contribution in [0.3, 0.4) is 0 Å². The number of carbonyl (C=O) groups excluding carboxylic acids is 2. The molecule has 0 N–H and O–H groups in total. The number of nitrogens with zero attached hydrogens (tertiary/aromatic N) is 4. The van der Waals surface area contributed by atoms with Crippen molar-refractivity contribution in [1.82, 2.24) is 19.6 Å². The largest absolute Gasteiger partial charge is 0.338 e. The van der Waals surface area contributed by atoms with Gasteiger partial charge in [0.2, 0.25) is 11.8 Å². The van der Waals surface area contributed by atoms with Gasteiger partial charge in [-0.2, -0.15) is 5.10 Å². The topological polar surface area (TPSA) is 58.4 Å². The molecule has 2 aromatic rings. The summed E-state index contributed by atoms with van der Waals surface area (Å²) in [5.74, 6) is -0.125. The number of hydrogen-bond donors (Lipinski definition) is 0. The Morgan fingerprint density at radius 2 is 1.96 bits per heavy atom.